The van der Waals surface area contributed by atoms with Crippen molar-refractivity contribution in [1.29, 1.82) is 0 Å². The smallest absolute Gasteiger partial charge is 0.282 e. The summed E-state index contributed by atoms with van der Waals surface area (Å²) in [6, 6.07) is 12.0. The minimum atomic E-state index is -0.728. The summed E-state index contributed by atoms with van der Waals surface area (Å²) in [6.07, 6.45) is -0.409. The predicted octanol–water partition coefficient (Wildman–Crippen LogP) is 2.85. The highest BCUT2D eigenvalue weighted by molar-refractivity contribution is 5.98. The number of benzene rings is 2. The zero-order chi connectivity index (χ0) is 16.8. The van der Waals surface area contributed by atoms with Gasteiger partial charge >= 0.3 is 0 Å². The second-order valence-electron chi connectivity index (χ2n) is 4.76. The summed E-state index contributed by atoms with van der Waals surface area (Å²) in [5, 5.41) is 13.5. The Kier molecular flexibility index (Phi) is 5.37. The summed E-state index contributed by atoms with van der Waals surface area (Å²) in [4.78, 5) is 22.3. The fourth-order valence-electron chi connectivity index (χ4n) is 2.13. The fraction of sp³-hybridized carbons (Fsp3) is 0.188. The van der Waals surface area contributed by atoms with Gasteiger partial charge in [-0.15, -0.1) is 0 Å². The molecule has 0 unspecified atom stereocenters. The largest absolute Gasteiger partial charge is 0.375 e. The first-order valence-corrected chi connectivity index (χ1v) is 6.83. The van der Waals surface area contributed by atoms with Gasteiger partial charge in [-0.1, -0.05) is 30.3 Å². The van der Waals surface area contributed by atoms with E-state index in [0.29, 0.717) is 0 Å². The molecule has 0 saturated heterocycles. The number of hydrogen-bond acceptors (Lipinski definition) is 4. The van der Waals surface area contributed by atoms with Gasteiger partial charge in [-0.05, 0) is 17.7 Å². The second-order valence-corrected chi connectivity index (χ2v) is 4.76. The number of rotatable bonds is 6. The third-order valence-electron chi connectivity index (χ3n) is 3.30. The molecular formula is C16H15FN2O4. The Hall–Kier alpha value is -2.80. The van der Waals surface area contributed by atoms with E-state index < -0.39 is 28.4 Å². The van der Waals surface area contributed by atoms with Crippen LogP contribution in [0.5, 0.6) is 0 Å². The number of halogens is 1. The lowest BCUT2D eigenvalue weighted by molar-refractivity contribution is -0.385. The summed E-state index contributed by atoms with van der Waals surface area (Å²) >= 11 is 0. The van der Waals surface area contributed by atoms with Gasteiger partial charge in [-0.2, -0.15) is 0 Å². The number of nitrogens with one attached hydrogen (secondary N) is 1. The first kappa shape index (κ1) is 16.6. The minimum absolute atomic E-state index is 0.104. The molecule has 1 atom stereocenters. The molecule has 0 fully saturated rings. The van der Waals surface area contributed by atoms with Crippen LogP contribution in [0.4, 0.5) is 10.1 Å². The van der Waals surface area contributed by atoms with Gasteiger partial charge in [0.1, 0.15) is 11.4 Å². The SMILES string of the molecule is CO[C@H](CNC(=O)c1cc(F)ccc1[N+](=O)[O-])c1ccccc1. The Labute approximate surface area is 132 Å². The van der Waals surface area contributed by atoms with Crippen LogP contribution in [0.3, 0.4) is 0 Å². The second kappa shape index (κ2) is 7.46. The van der Waals surface area contributed by atoms with Crippen molar-refractivity contribution in [2.75, 3.05) is 13.7 Å². The third-order valence-corrected chi connectivity index (χ3v) is 3.30. The summed E-state index contributed by atoms with van der Waals surface area (Å²) in [5.74, 6) is -1.44. The molecule has 0 aliphatic rings. The van der Waals surface area contributed by atoms with Crippen LogP contribution in [0.25, 0.3) is 0 Å². The molecular weight excluding hydrogens is 303 g/mol. The molecule has 2 aromatic rings. The van der Waals surface area contributed by atoms with Crippen molar-refractivity contribution in [3.63, 3.8) is 0 Å². The maximum absolute atomic E-state index is 13.3. The molecule has 23 heavy (non-hydrogen) atoms. The number of nitrogens with zero attached hydrogens (tertiary/aromatic N) is 1. The van der Waals surface area contributed by atoms with Crippen molar-refractivity contribution in [2.45, 2.75) is 6.10 Å². The summed E-state index contributed by atoms with van der Waals surface area (Å²) < 4.78 is 18.6. The van der Waals surface area contributed by atoms with E-state index in [9.17, 15) is 19.3 Å². The zero-order valence-corrected chi connectivity index (χ0v) is 12.4. The van der Waals surface area contributed by atoms with Crippen LogP contribution in [0.2, 0.25) is 0 Å². The maximum atomic E-state index is 13.3. The van der Waals surface area contributed by atoms with Gasteiger partial charge in [-0.3, -0.25) is 14.9 Å². The highest BCUT2D eigenvalue weighted by Crippen LogP contribution is 2.20. The van der Waals surface area contributed by atoms with Crippen LogP contribution in [0.1, 0.15) is 22.0 Å². The quantitative estimate of drug-likeness (QED) is 0.656. The van der Waals surface area contributed by atoms with Crippen LogP contribution in [0, 0.1) is 15.9 Å². The molecule has 1 N–H and O–H groups in total. The highest BCUT2D eigenvalue weighted by Gasteiger charge is 2.22. The molecule has 6 nitrogen and oxygen atoms in total. The molecule has 0 aromatic heterocycles. The molecule has 0 spiro atoms. The molecule has 0 radical (unpaired) electrons. The first-order valence-electron chi connectivity index (χ1n) is 6.83. The van der Waals surface area contributed by atoms with Crippen LogP contribution < -0.4 is 5.32 Å². The lowest BCUT2D eigenvalue weighted by Crippen LogP contribution is -2.29. The number of nitro groups is 1. The van der Waals surface area contributed by atoms with Crippen LogP contribution in [-0.2, 0) is 4.74 Å². The van der Waals surface area contributed by atoms with Gasteiger partial charge in [0.15, 0.2) is 0 Å². The molecule has 0 saturated carbocycles. The van der Waals surface area contributed by atoms with Crippen LogP contribution in [-0.4, -0.2) is 24.5 Å². The molecule has 0 aliphatic carbocycles. The molecule has 120 valence electrons. The lowest BCUT2D eigenvalue weighted by Gasteiger charge is -2.16. The van der Waals surface area contributed by atoms with E-state index >= 15 is 0 Å². The molecule has 2 aromatic carbocycles. The molecule has 0 aliphatic heterocycles. The number of amides is 1. The highest BCUT2D eigenvalue weighted by atomic mass is 19.1. The number of ether oxygens (including phenoxy) is 1. The topological polar surface area (TPSA) is 81.5 Å². The van der Waals surface area contributed by atoms with Gasteiger partial charge in [0.25, 0.3) is 11.6 Å². The normalized spacial score (nSPS) is 11.7. The first-order chi connectivity index (χ1) is 11.0. The average Bonchev–Trinajstić information content (AvgIpc) is 2.55. The van der Waals surface area contributed by atoms with Crippen LogP contribution in [0.15, 0.2) is 48.5 Å². The van der Waals surface area contributed by atoms with Gasteiger partial charge in [0.2, 0.25) is 0 Å². The Morgan fingerprint density at radius 3 is 2.61 bits per heavy atom. The van der Waals surface area contributed by atoms with Crippen molar-refractivity contribution in [2.24, 2.45) is 0 Å². The van der Waals surface area contributed by atoms with E-state index in [2.05, 4.69) is 5.32 Å². The van der Waals surface area contributed by atoms with Gasteiger partial charge in [0, 0.05) is 19.7 Å². The zero-order valence-electron chi connectivity index (χ0n) is 12.4. The Morgan fingerprint density at radius 1 is 1.30 bits per heavy atom. The molecule has 2 rings (SSSR count). The van der Waals surface area contributed by atoms with E-state index in [1.165, 1.54) is 7.11 Å². The molecule has 0 heterocycles. The van der Waals surface area contributed by atoms with Crippen molar-refractivity contribution >= 4 is 11.6 Å². The van der Waals surface area contributed by atoms with Gasteiger partial charge < -0.3 is 10.1 Å². The van der Waals surface area contributed by atoms with Crippen molar-refractivity contribution < 1.29 is 18.8 Å². The van der Waals surface area contributed by atoms with Gasteiger partial charge in [-0.25, -0.2) is 4.39 Å². The summed E-state index contributed by atoms with van der Waals surface area (Å²) in [7, 11) is 1.49. The lowest BCUT2D eigenvalue weighted by atomic mass is 10.1. The number of carbonyl (C=O) groups is 1. The van der Waals surface area contributed by atoms with Crippen molar-refractivity contribution in [3.8, 4) is 0 Å². The maximum Gasteiger partial charge on any atom is 0.282 e. The number of methoxy groups -OCH3 is 1. The Bertz CT molecular complexity index is 706. The molecule has 1 amide bonds. The van der Waals surface area contributed by atoms with E-state index in [4.69, 9.17) is 4.74 Å². The predicted molar refractivity (Wildman–Crippen MR) is 81.6 cm³/mol. The van der Waals surface area contributed by atoms with E-state index in [1.54, 1.807) is 0 Å². The third kappa shape index (κ3) is 4.10. The Morgan fingerprint density at radius 2 is 2.00 bits per heavy atom. The average molecular weight is 318 g/mol. The van der Waals surface area contributed by atoms with Crippen LogP contribution >= 0.6 is 0 Å². The van der Waals surface area contributed by atoms with E-state index in [0.717, 1.165) is 23.8 Å². The Balaban J connectivity index is 2.13. The van der Waals surface area contributed by atoms with Crippen molar-refractivity contribution in [1.82, 2.24) is 5.32 Å². The molecule has 7 heteroatoms. The fourth-order valence-corrected chi connectivity index (χ4v) is 2.13. The van der Waals surface area contributed by atoms with Gasteiger partial charge in [0.05, 0.1) is 11.0 Å². The monoisotopic (exact) mass is 318 g/mol. The minimum Gasteiger partial charge on any atom is -0.375 e. The number of carbonyl (C=O) groups excluding carboxylic acids is 1. The molecule has 0 bridgehead atoms. The van der Waals surface area contributed by atoms with E-state index in [-0.39, 0.29) is 12.1 Å². The standard InChI is InChI=1S/C16H15FN2O4/c1-23-15(11-5-3-2-4-6-11)10-18-16(20)13-9-12(17)7-8-14(13)19(21)22/h2-9,15H,10H2,1H3,(H,18,20)/t15-/m1/s1. The number of nitro benzene ring substituents is 1. The summed E-state index contributed by atoms with van der Waals surface area (Å²) in [5.41, 5.74) is 0.0829. The number of hydrogen-bond donors (Lipinski definition) is 1. The summed E-state index contributed by atoms with van der Waals surface area (Å²) in [6.45, 7) is 0.104. The van der Waals surface area contributed by atoms with E-state index in [1.807, 2.05) is 30.3 Å². The van der Waals surface area contributed by atoms with Crippen molar-refractivity contribution in [3.05, 3.63) is 75.6 Å².